The van der Waals surface area contributed by atoms with Crippen LogP contribution in [0.4, 0.5) is 10.1 Å². The quantitative estimate of drug-likeness (QED) is 0.401. The third-order valence-corrected chi connectivity index (χ3v) is 5.70. The normalized spacial score (nSPS) is 19.9. The minimum atomic E-state index is -0.159. The van der Waals surface area contributed by atoms with Gasteiger partial charge >= 0.3 is 0 Å². The number of aliphatic imine (C=N–C) groups is 1. The van der Waals surface area contributed by atoms with Gasteiger partial charge in [0.1, 0.15) is 5.82 Å². The molecule has 1 aromatic rings. The third-order valence-electron chi connectivity index (χ3n) is 5.70. The maximum Gasteiger partial charge on any atom is 0.191 e. The van der Waals surface area contributed by atoms with Gasteiger partial charge < -0.3 is 20.4 Å². The van der Waals surface area contributed by atoms with Crippen molar-refractivity contribution in [2.75, 3.05) is 50.7 Å². The number of nitrogens with zero attached hydrogens (tertiary/aromatic N) is 4. The second kappa shape index (κ2) is 10.5. The monoisotopic (exact) mass is 489 g/mol. The van der Waals surface area contributed by atoms with E-state index in [1.165, 1.54) is 0 Å². The van der Waals surface area contributed by atoms with Crippen LogP contribution >= 0.6 is 24.0 Å². The zero-order chi connectivity index (χ0) is 18.5. The van der Waals surface area contributed by atoms with Crippen molar-refractivity contribution in [3.05, 3.63) is 29.6 Å². The van der Waals surface area contributed by atoms with E-state index < -0.39 is 0 Å². The number of guanidine groups is 1. The van der Waals surface area contributed by atoms with Crippen LogP contribution in [0.2, 0.25) is 0 Å². The Morgan fingerprint density at radius 1 is 1.15 bits per heavy atom. The lowest BCUT2D eigenvalue weighted by atomic mass is 10.00. The van der Waals surface area contributed by atoms with Crippen molar-refractivity contribution in [1.29, 1.82) is 0 Å². The number of likely N-dealkylation sites (tertiary alicyclic amines) is 1. The van der Waals surface area contributed by atoms with Gasteiger partial charge in [-0.3, -0.25) is 0 Å². The number of hydrogen-bond donors (Lipinski definition) is 1. The lowest BCUT2D eigenvalue weighted by Gasteiger charge is -2.35. The van der Waals surface area contributed by atoms with Crippen molar-refractivity contribution < 1.29 is 4.39 Å². The molecule has 2 heterocycles. The zero-order valence-corrected chi connectivity index (χ0v) is 18.9. The van der Waals surface area contributed by atoms with E-state index in [9.17, 15) is 4.39 Å². The fourth-order valence-corrected chi connectivity index (χ4v) is 3.72. The number of piperidine rings is 1. The molecule has 2 fully saturated rings. The van der Waals surface area contributed by atoms with Crippen LogP contribution in [0.5, 0.6) is 0 Å². The molecule has 0 unspecified atom stereocenters. The molecule has 2 saturated heterocycles. The molecule has 3 rings (SSSR count). The van der Waals surface area contributed by atoms with E-state index in [-0.39, 0.29) is 29.8 Å². The van der Waals surface area contributed by atoms with Crippen LogP contribution in [0.1, 0.15) is 32.3 Å². The maximum atomic E-state index is 14.6. The van der Waals surface area contributed by atoms with Crippen LogP contribution < -0.4 is 10.6 Å². The summed E-state index contributed by atoms with van der Waals surface area (Å²) in [4.78, 5) is 11.1. The van der Waals surface area contributed by atoms with Crippen LogP contribution in [-0.4, -0.2) is 61.6 Å². The first kappa shape index (κ1) is 22.2. The van der Waals surface area contributed by atoms with Crippen molar-refractivity contribution in [2.45, 2.75) is 33.2 Å². The summed E-state index contributed by atoms with van der Waals surface area (Å²) in [5, 5.41) is 0. The molecule has 152 valence electrons. The standard InChI is InChI=1S/C20H32FN5.HI/c1-3-24-10-12-25(13-11-24)19-5-4-17(14-18(19)21)15-23-20(22)26-8-6-16(2)7-9-26;/h4-5,14,16H,3,6-13,15H2,1-2H3,(H2,22,23);1H. The smallest absolute Gasteiger partial charge is 0.191 e. The Morgan fingerprint density at radius 2 is 1.81 bits per heavy atom. The Morgan fingerprint density at radius 3 is 2.41 bits per heavy atom. The van der Waals surface area contributed by atoms with Crippen LogP contribution in [-0.2, 0) is 6.54 Å². The first-order valence-corrected chi connectivity index (χ1v) is 9.87. The number of piperazine rings is 1. The van der Waals surface area contributed by atoms with E-state index >= 15 is 0 Å². The molecule has 7 heteroatoms. The molecule has 2 aliphatic rings. The van der Waals surface area contributed by atoms with Gasteiger partial charge in [-0.1, -0.05) is 19.9 Å². The van der Waals surface area contributed by atoms with Gasteiger partial charge in [0.05, 0.1) is 12.2 Å². The maximum absolute atomic E-state index is 14.6. The van der Waals surface area contributed by atoms with Gasteiger partial charge in [-0.25, -0.2) is 9.38 Å². The predicted octanol–water partition coefficient (Wildman–Crippen LogP) is 3.13. The third kappa shape index (κ3) is 5.94. The number of hydrogen-bond acceptors (Lipinski definition) is 3. The Labute approximate surface area is 179 Å². The molecule has 2 N–H and O–H groups in total. The molecule has 27 heavy (non-hydrogen) atoms. The fraction of sp³-hybridized carbons (Fsp3) is 0.650. The molecule has 0 aromatic heterocycles. The average molecular weight is 489 g/mol. The molecule has 0 spiro atoms. The van der Waals surface area contributed by atoms with E-state index in [4.69, 9.17) is 5.73 Å². The van der Waals surface area contributed by atoms with Crippen molar-refractivity contribution in [2.24, 2.45) is 16.6 Å². The van der Waals surface area contributed by atoms with Crippen molar-refractivity contribution in [3.63, 3.8) is 0 Å². The minimum absolute atomic E-state index is 0. The van der Waals surface area contributed by atoms with Gasteiger partial charge in [0.15, 0.2) is 5.96 Å². The highest BCUT2D eigenvalue weighted by molar-refractivity contribution is 14.0. The van der Waals surface area contributed by atoms with Crippen molar-refractivity contribution >= 4 is 35.6 Å². The largest absolute Gasteiger partial charge is 0.370 e. The number of rotatable bonds is 4. The van der Waals surface area contributed by atoms with E-state index in [1.807, 2.05) is 12.1 Å². The molecule has 0 saturated carbocycles. The minimum Gasteiger partial charge on any atom is -0.370 e. The Bertz CT molecular complexity index is 623. The first-order chi connectivity index (χ1) is 12.6. The van der Waals surface area contributed by atoms with Crippen molar-refractivity contribution in [1.82, 2.24) is 9.80 Å². The second-order valence-electron chi connectivity index (χ2n) is 7.55. The Kier molecular flexibility index (Phi) is 8.60. The summed E-state index contributed by atoms with van der Waals surface area (Å²) in [5.74, 6) is 1.19. The molecule has 0 bridgehead atoms. The lowest BCUT2D eigenvalue weighted by molar-refractivity contribution is 0.270. The number of anilines is 1. The zero-order valence-electron chi connectivity index (χ0n) is 16.5. The summed E-state index contributed by atoms with van der Waals surface area (Å²) in [6.45, 7) is 11.6. The lowest BCUT2D eigenvalue weighted by Crippen LogP contribution is -2.46. The van der Waals surface area contributed by atoms with E-state index in [2.05, 4.69) is 33.5 Å². The Hall–Kier alpha value is -1.09. The highest BCUT2D eigenvalue weighted by Gasteiger charge is 2.19. The summed E-state index contributed by atoms with van der Waals surface area (Å²) in [6, 6.07) is 5.47. The van der Waals surface area contributed by atoms with Crippen LogP contribution in [0.3, 0.4) is 0 Å². The summed E-state index contributed by atoms with van der Waals surface area (Å²) in [5.41, 5.74) is 7.69. The second-order valence-corrected chi connectivity index (χ2v) is 7.55. The molecule has 0 atom stereocenters. The van der Waals surface area contributed by atoms with Crippen molar-refractivity contribution in [3.8, 4) is 0 Å². The molecule has 0 amide bonds. The summed E-state index contributed by atoms with van der Waals surface area (Å²) in [7, 11) is 0. The van der Waals surface area contributed by atoms with Gasteiger partial charge in [0.25, 0.3) is 0 Å². The topological polar surface area (TPSA) is 48.1 Å². The number of benzene rings is 1. The summed E-state index contributed by atoms with van der Waals surface area (Å²) < 4.78 is 14.6. The molecule has 0 radical (unpaired) electrons. The average Bonchev–Trinajstić information content (AvgIpc) is 2.67. The number of likely N-dealkylation sites (N-methyl/N-ethyl adjacent to an activating group) is 1. The predicted molar refractivity (Wildman–Crippen MR) is 121 cm³/mol. The van der Waals surface area contributed by atoms with Gasteiger partial charge in [-0.15, -0.1) is 24.0 Å². The van der Waals surface area contributed by atoms with E-state index in [1.54, 1.807) is 6.07 Å². The van der Waals surface area contributed by atoms with Gasteiger partial charge in [-0.2, -0.15) is 0 Å². The summed E-state index contributed by atoms with van der Waals surface area (Å²) in [6.07, 6.45) is 2.32. The molecular weight excluding hydrogens is 456 g/mol. The van der Waals surface area contributed by atoms with Gasteiger partial charge in [0.2, 0.25) is 0 Å². The van der Waals surface area contributed by atoms with Crippen LogP contribution in [0.25, 0.3) is 0 Å². The molecule has 1 aromatic carbocycles. The van der Waals surface area contributed by atoms with Crippen LogP contribution in [0, 0.1) is 11.7 Å². The molecule has 0 aliphatic carbocycles. The number of nitrogens with two attached hydrogens (primary N) is 1. The SMILES string of the molecule is CCN1CCN(c2ccc(CN=C(N)N3CCC(C)CC3)cc2F)CC1.I. The molecule has 2 aliphatic heterocycles. The van der Waals surface area contributed by atoms with Gasteiger partial charge in [0, 0.05) is 39.3 Å². The van der Waals surface area contributed by atoms with Crippen LogP contribution in [0.15, 0.2) is 23.2 Å². The highest BCUT2D eigenvalue weighted by Crippen LogP contribution is 2.22. The summed E-state index contributed by atoms with van der Waals surface area (Å²) >= 11 is 0. The van der Waals surface area contributed by atoms with E-state index in [0.29, 0.717) is 18.2 Å². The van der Waals surface area contributed by atoms with E-state index in [0.717, 1.165) is 70.1 Å². The Balaban J connectivity index is 0.00000261. The number of halogens is 2. The first-order valence-electron chi connectivity index (χ1n) is 9.87. The fourth-order valence-electron chi connectivity index (χ4n) is 3.72. The molecule has 5 nitrogen and oxygen atoms in total. The highest BCUT2D eigenvalue weighted by atomic mass is 127. The van der Waals surface area contributed by atoms with Gasteiger partial charge in [-0.05, 0) is 43.0 Å². The molecular formula is C20H33FIN5.